The Kier molecular flexibility index (Phi) is 3.98. The van der Waals surface area contributed by atoms with Crippen molar-refractivity contribution in [3.8, 4) is 5.75 Å². The number of alkyl halides is 2. The number of likely N-dealkylation sites (N-methyl/N-ethyl adjacent to an activating group) is 1. The van der Waals surface area contributed by atoms with E-state index in [1.807, 2.05) is 4.90 Å². The molecule has 4 aliphatic rings. The third-order valence-electron chi connectivity index (χ3n) is 7.92. The van der Waals surface area contributed by atoms with Crippen LogP contribution in [-0.4, -0.2) is 50.7 Å². The minimum atomic E-state index is -2.59. The summed E-state index contributed by atoms with van der Waals surface area (Å²) in [4.78, 5) is 4.37. The van der Waals surface area contributed by atoms with Crippen molar-refractivity contribution in [1.29, 1.82) is 0 Å². The minimum Gasteiger partial charge on any atom is -0.495 e. The molecule has 1 aromatic carbocycles. The fraction of sp³-hybridized carbons (Fsp3) is 0.727. The van der Waals surface area contributed by atoms with Crippen molar-refractivity contribution in [3.63, 3.8) is 0 Å². The molecule has 3 atom stereocenters. The quantitative estimate of drug-likeness (QED) is 0.768. The predicted octanol–water partition coefficient (Wildman–Crippen LogP) is 4.23. The molecule has 0 amide bonds. The summed E-state index contributed by atoms with van der Waals surface area (Å²) in [5.74, 6) is -1.09. The van der Waals surface area contributed by atoms with Crippen molar-refractivity contribution >= 4 is 5.69 Å². The molecule has 2 aliphatic carbocycles. The highest BCUT2D eigenvalue weighted by Crippen LogP contribution is 2.57. The van der Waals surface area contributed by atoms with Gasteiger partial charge in [-0.15, -0.1) is 0 Å². The van der Waals surface area contributed by atoms with Crippen LogP contribution in [0.5, 0.6) is 5.75 Å². The van der Waals surface area contributed by atoms with E-state index >= 15 is 0 Å². The summed E-state index contributed by atoms with van der Waals surface area (Å²) in [6.07, 6.45) is 7.40. The van der Waals surface area contributed by atoms with Gasteiger partial charge in [0.1, 0.15) is 5.75 Å². The molecule has 3 nitrogen and oxygen atoms in total. The number of nitrogens with zero attached hydrogens (tertiary/aromatic N) is 2. The lowest BCUT2D eigenvalue weighted by Crippen LogP contribution is -2.59. The molecule has 148 valence electrons. The molecular formula is C22H30F2N2O. The smallest absolute Gasteiger partial charge is 0.266 e. The minimum absolute atomic E-state index is 0.0649. The molecule has 2 bridgehead atoms. The van der Waals surface area contributed by atoms with Gasteiger partial charge in [-0.05, 0) is 68.5 Å². The number of halogens is 2. The number of benzene rings is 1. The topological polar surface area (TPSA) is 15.7 Å². The van der Waals surface area contributed by atoms with Crippen molar-refractivity contribution in [3.05, 3.63) is 23.3 Å². The lowest BCUT2D eigenvalue weighted by atomic mass is 9.52. The van der Waals surface area contributed by atoms with Gasteiger partial charge in [-0.1, -0.05) is 12.8 Å². The van der Waals surface area contributed by atoms with Crippen molar-refractivity contribution in [2.45, 2.75) is 62.3 Å². The van der Waals surface area contributed by atoms with E-state index in [2.05, 4.69) is 24.1 Å². The van der Waals surface area contributed by atoms with Crippen LogP contribution in [0.3, 0.4) is 0 Å². The van der Waals surface area contributed by atoms with Gasteiger partial charge in [0, 0.05) is 24.4 Å². The van der Waals surface area contributed by atoms with Gasteiger partial charge in [-0.25, -0.2) is 8.78 Å². The highest BCUT2D eigenvalue weighted by molar-refractivity contribution is 5.65. The van der Waals surface area contributed by atoms with Crippen LogP contribution in [0.2, 0.25) is 0 Å². The highest BCUT2D eigenvalue weighted by atomic mass is 19.3. The van der Waals surface area contributed by atoms with E-state index < -0.39 is 5.92 Å². The van der Waals surface area contributed by atoms with Crippen LogP contribution >= 0.6 is 0 Å². The Bertz CT molecular complexity index is 752. The summed E-state index contributed by atoms with van der Waals surface area (Å²) >= 11 is 0. The Morgan fingerprint density at radius 3 is 2.70 bits per heavy atom. The van der Waals surface area contributed by atoms with Gasteiger partial charge in [0.15, 0.2) is 0 Å². The largest absolute Gasteiger partial charge is 0.495 e. The number of rotatable bonds is 2. The number of hydrogen-bond donors (Lipinski definition) is 0. The summed E-state index contributed by atoms with van der Waals surface area (Å²) < 4.78 is 33.4. The molecule has 0 radical (unpaired) electrons. The molecule has 0 spiro atoms. The van der Waals surface area contributed by atoms with Crippen molar-refractivity contribution in [1.82, 2.24) is 4.90 Å². The van der Waals surface area contributed by atoms with E-state index in [1.165, 1.54) is 43.2 Å². The third kappa shape index (κ3) is 2.60. The lowest BCUT2D eigenvalue weighted by Gasteiger charge is -2.58. The number of piperidine rings is 1. The summed E-state index contributed by atoms with van der Waals surface area (Å²) in [7, 11) is 3.94. The van der Waals surface area contributed by atoms with E-state index in [9.17, 15) is 8.78 Å². The standard InChI is InChI=1S/C22H30F2N2O/c1-25-9-7-21-6-4-3-5-16(21)18(25)11-15-12-19(20(27-2)13-17(15)21)26-10-8-22(23,24)14-26/h12-13,16,18H,3-11,14H2,1-2H3/t16-,18+,21+/m1/s1. The molecule has 2 heterocycles. The fourth-order valence-electron chi connectivity index (χ4n) is 6.57. The van der Waals surface area contributed by atoms with Gasteiger partial charge in [-0.3, -0.25) is 0 Å². The molecule has 3 fully saturated rings. The third-order valence-corrected chi connectivity index (χ3v) is 7.92. The van der Waals surface area contributed by atoms with Crippen LogP contribution in [0.15, 0.2) is 12.1 Å². The monoisotopic (exact) mass is 376 g/mol. The summed E-state index contributed by atoms with van der Waals surface area (Å²) in [6.45, 7) is 1.36. The zero-order valence-electron chi connectivity index (χ0n) is 16.4. The van der Waals surface area contributed by atoms with Crippen molar-refractivity contribution < 1.29 is 13.5 Å². The van der Waals surface area contributed by atoms with Crippen LogP contribution < -0.4 is 9.64 Å². The Morgan fingerprint density at radius 2 is 1.96 bits per heavy atom. The average molecular weight is 376 g/mol. The predicted molar refractivity (Wildman–Crippen MR) is 103 cm³/mol. The maximum atomic E-state index is 13.8. The van der Waals surface area contributed by atoms with Crippen molar-refractivity contribution in [2.75, 3.05) is 38.7 Å². The molecule has 1 saturated carbocycles. The number of hydrogen-bond acceptors (Lipinski definition) is 3. The second-order valence-electron chi connectivity index (χ2n) is 9.22. The first-order valence-corrected chi connectivity index (χ1v) is 10.5. The van der Waals surface area contributed by atoms with Crippen LogP contribution in [-0.2, 0) is 11.8 Å². The van der Waals surface area contributed by atoms with Crippen molar-refractivity contribution in [2.24, 2.45) is 5.92 Å². The molecule has 5 heteroatoms. The van der Waals surface area contributed by atoms with Crippen LogP contribution in [0.25, 0.3) is 0 Å². The zero-order valence-corrected chi connectivity index (χ0v) is 16.4. The van der Waals surface area contributed by atoms with Gasteiger partial charge in [-0.2, -0.15) is 0 Å². The summed E-state index contributed by atoms with van der Waals surface area (Å²) in [6, 6.07) is 5.00. The number of anilines is 1. The van der Waals surface area contributed by atoms with Gasteiger partial charge in [0.05, 0.1) is 19.3 Å². The molecular weight excluding hydrogens is 346 g/mol. The zero-order chi connectivity index (χ0) is 18.8. The first-order valence-electron chi connectivity index (χ1n) is 10.5. The van der Waals surface area contributed by atoms with Gasteiger partial charge >= 0.3 is 0 Å². The van der Waals surface area contributed by atoms with Gasteiger partial charge in [0.2, 0.25) is 0 Å². The number of ether oxygens (including phenoxy) is 1. The van der Waals surface area contributed by atoms with E-state index in [1.54, 1.807) is 7.11 Å². The van der Waals surface area contributed by atoms with Crippen LogP contribution in [0, 0.1) is 5.92 Å². The molecule has 0 unspecified atom stereocenters. The number of likely N-dealkylation sites (tertiary alicyclic amines) is 1. The second kappa shape index (κ2) is 6.07. The van der Waals surface area contributed by atoms with E-state index in [0.717, 1.165) is 30.3 Å². The molecule has 0 N–H and O–H groups in total. The number of methoxy groups -OCH3 is 1. The second-order valence-corrected chi connectivity index (χ2v) is 9.22. The number of fused-ring (bicyclic) bond motifs is 1. The fourth-order valence-corrected chi connectivity index (χ4v) is 6.57. The molecule has 1 aromatic rings. The normalized spacial score (nSPS) is 34.9. The molecule has 2 saturated heterocycles. The van der Waals surface area contributed by atoms with E-state index in [4.69, 9.17) is 4.74 Å². The Morgan fingerprint density at radius 1 is 1.11 bits per heavy atom. The maximum absolute atomic E-state index is 13.8. The molecule has 27 heavy (non-hydrogen) atoms. The Hall–Kier alpha value is -1.36. The summed E-state index contributed by atoms with van der Waals surface area (Å²) in [5.41, 5.74) is 3.96. The molecule has 5 rings (SSSR count). The summed E-state index contributed by atoms with van der Waals surface area (Å²) in [5, 5.41) is 0. The highest BCUT2D eigenvalue weighted by Gasteiger charge is 2.53. The van der Waals surface area contributed by atoms with Crippen LogP contribution in [0.1, 0.15) is 49.7 Å². The van der Waals surface area contributed by atoms with Gasteiger partial charge in [0.25, 0.3) is 5.92 Å². The lowest BCUT2D eigenvalue weighted by molar-refractivity contribution is 0.00274. The van der Waals surface area contributed by atoms with E-state index in [-0.39, 0.29) is 18.4 Å². The van der Waals surface area contributed by atoms with Gasteiger partial charge < -0.3 is 14.5 Å². The van der Waals surface area contributed by atoms with E-state index in [0.29, 0.717) is 12.6 Å². The Balaban J connectivity index is 1.61. The van der Waals surface area contributed by atoms with Crippen LogP contribution in [0.4, 0.5) is 14.5 Å². The average Bonchev–Trinajstić information content (AvgIpc) is 3.03. The Labute approximate surface area is 160 Å². The molecule has 2 aliphatic heterocycles. The molecule has 0 aromatic heterocycles. The first kappa shape index (κ1) is 17.7. The first-order chi connectivity index (χ1) is 12.9. The maximum Gasteiger partial charge on any atom is 0.266 e. The SMILES string of the molecule is COc1cc2c(cc1N1CCC(F)(F)C1)C[C@H]1[C@H]3CCCC[C@@]23CCN1C.